The summed E-state index contributed by atoms with van der Waals surface area (Å²) in [7, 11) is 0. The van der Waals surface area contributed by atoms with Crippen LogP contribution in [0.25, 0.3) is 0 Å². The van der Waals surface area contributed by atoms with E-state index in [-0.39, 0.29) is 19.0 Å². The average molecular weight is 201 g/mol. The number of amides is 1. The highest BCUT2D eigenvalue weighted by molar-refractivity contribution is 5.76. The molecular formula is C10H19NO3. The summed E-state index contributed by atoms with van der Waals surface area (Å²) < 4.78 is 0. The number of β-amino-alcohol motifs (C(OH)–C–C–N with tert-alkyl or cyclic N) is 2. The summed E-state index contributed by atoms with van der Waals surface area (Å²) in [4.78, 5) is 13.1. The van der Waals surface area contributed by atoms with Crippen molar-refractivity contribution in [3.8, 4) is 0 Å². The van der Waals surface area contributed by atoms with Crippen LogP contribution in [-0.4, -0.2) is 46.3 Å². The Labute approximate surface area is 84.5 Å². The average Bonchev–Trinajstić information content (AvgIpc) is 2.47. The molecule has 1 amide bonds. The van der Waals surface area contributed by atoms with E-state index in [2.05, 4.69) is 6.92 Å². The molecule has 2 N–H and O–H groups in total. The van der Waals surface area contributed by atoms with Crippen LogP contribution in [0.4, 0.5) is 0 Å². The summed E-state index contributed by atoms with van der Waals surface area (Å²) in [6.45, 7) is 2.66. The third-order valence-electron chi connectivity index (χ3n) is 2.61. The molecule has 0 bridgehead atoms. The second kappa shape index (κ2) is 5.32. The van der Waals surface area contributed by atoms with Crippen LogP contribution in [0.15, 0.2) is 0 Å². The summed E-state index contributed by atoms with van der Waals surface area (Å²) in [5.74, 6) is 0.0500. The standard InChI is InChI=1S/C10H19NO3/c1-2-3-4-5-10(14)11-6-8(12)9(13)7-11/h8-9,12-13H,2-7H2,1H3/t8-,9+. The number of rotatable bonds is 4. The molecule has 2 atom stereocenters. The predicted octanol–water partition coefficient (Wildman–Crippen LogP) is 0.131. The highest BCUT2D eigenvalue weighted by Crippen LogP contribution is 2.12. The Bertz CT molecular complexity index is 186. The number of unbranched alkanes of at least 4 members (excludes halogenated alkanes) is 2. The highest BCUT2D eigenvalue weighted by Gasteiger charge is 2.31. The predicted molar refractivity (Wildman–Crippen MR) is 52.7 cm³/mol. The zero-order valence-corrected chi connectivity index (χ0v) is 8.65. The molecule has 14 heavy (non-hydrogen) atoms. The summed E-state index contributed by atoms with van der Waals surface area (Å²) in [6, 6.07) is 0. The van der Waals surface area contributed by atoms with Crippen LogP contribution in [0.1, 0.15) is 32.6 Å². The zero-order chi connectivity index (χ0) is 10.6. The SMILES string of the molecule is CCCCCC(=O)N1C[C@@H](O)[C@@H](O)C1. The van der Waals surface area contributed by atoms with Gasteiger partial charge < -0.3 is 15.1 Å². The lowest BCUT2D eigenvalue weighted by molar-refractivity contribution is -0.130. The van der Waals surface area contributed by atoms with Gasteiger partial charge in [0.05, 0.1) is 12.2 Å². The minimum Gasteiger partial charge on any atom is -0.388 e. The second-order valence-corrected chi connectivity index (χ2v) is 3.89. The van der Waals surface area contributed by atoms with Crippen LogP contribution in [0, 0.1) is 0 Å². The molecule has 82 valence electrons. The molecule has 0 aromatic rings. The van der Waals surface area contributed by atoms with Crippen LogP contribution in [0.3, 0.4) is 0 Å². The number of likely N-dealkylation sites (tertiary alicyclic amines) is 1. The molecule has 0 spiro atoms. The van der Waals surface area contributed by atoms with E-state index in [0.717, 1.165) is 19.3 Å². The minimum atomic E-state index is -0.759. The minimum absolute atomic E-state index is 0.0500. The van der Waals surface area contributed by atoms with Crippen molar-refractivity contribution in [2.24, 2.45) is 0 Å². The third-order valence-corrected chi connectivity index (χ3v) is 2.61. The van der Waals surface area contributed by atoms with Crippen molar-refractivity contribution in [2.75, 3.05) is 13.1 Å². The highest BCUT2D eigenvalue weighted by atomic mass is 16.3. The van der Waals surface area contributed by atoms with E-state index >= 15 is 0 Å². The van der Waals surface area contributed by atoms with E-state index in [0.29, 0.717) is 6.42 Å². The van der Waals surface area contributed by atoms with Gasteiger partial charge in [-0.3, -0.25) is 4.79 Å². The molecule has 1 aliphatic heterocycles. The van der Waals surface area contributed by atoms with Crippen molar-refractivity contribution < 1.29 is 15.0 Å². The zero-order valence-electron chi connectivity index (χ0n) is 8.65. The maximum atomic E-state index is 11.5. The maximum absolute atomic E-state index is 11.5. The summed E-state index contributed by atoms with van der Waals surface area (Å²) >= 11 is 0. The van der Waals surface area contributed by atoms with E-state index in [1.54, 1.807) is 4.90 Å². The normalized spacial score (nSPS) is 26.9. The van der Waals surface area contributed by atoms with E-state index in [9.17, 15) is 15.0 Å². The van der Waals surface area contributed by atoms with Crippen molar-refractivity contribution in [2.45, 2.75) is 44.8 Å². The molecule has 0 aromatic heterocycles. The van der Waals surface area contributed by atoms with Gasteiger partial charge in [0, 0.05) is 19.5 Å². The Morgan fingerprint density at radius 3 is 2.36 bits per heavy atom. The molecule has 0 aliphatic carbocycles. The van der Waals surface area contributed by atoms with Crippen molar-refractivity contribution in [1.82, 2.24) is 4.90 Å². The number of aliphatic hydroxyl groups is 2. The van der Waals surface area contributed by atoms with Gasteiger partial charge in [-0.25, -0.2) is 0 Å². The first kappa shape index (κ1) is 11.5. The van der Waals surface area contributed by atoms with E-state index in [1.807, 2.05) is 0 Å². The first-order valence-electron chi connectivity index (χ1n) is 5.29. The first-order chi connectivity index (χ1) is 6.65. The molecule has 1 rings (SSSR count). The number of carbonyl (C=O) groups excluding carboxylic acids is 1. The number of aliphatic hydroxyl groups excluding tert-OH is 2. The fraction of sp³-hybridized carbons (Fsp3) is 0.900. The van der Waals surface area contributed by atoms with Gasteiger partial charge in [-0.1, -0.05) is 19.8 Å². The van der Waals surface area contributed by atoms with Gasteiger partial charge in [0.25, 0.3) is 0 Å². The molecule has 4 heteroatoms. The molecule has 0 radical (unpaired) electrons. The quantitative estimate of drug-likeness (QED) is 0.636. The molecule has 0 saturated carbocycles. The van der Waals surface area contributed by atoms with E-state index < -0.39 is 12.2 Å². The second-order valence-electron chi connectivity index (χ2n) is 3.89. The number of carbonyl (C=O) groups is 1. The lowest BCUT2D eigenvalue weighted by Crippen LogP contribution is -2.29. The van der Waals surface area contributed by atoms with Crippen molar-refractivity contribution in [3.63, 3.8) is 0 Å². The molecule has 1 aliphatic rings. The number of nitrogens with zero attached hydrogens (tertiary/aromatic N) is 1. The summed E-state index contributed by atoms with van der Waals surface area (Å²) in [6.07, 6.45) is 2.07. The van der Waals surface area contributed by atoms with Gasteiger partial charge >= 0.3 is 0 Å². The van der Waals surface area contributed by atoms with Crippen molar-refractivity contribution in [3.05, 3.63) is 0 Å². The lowest BCUT2D eigenvalue weighted by Gasteiger charge is -2.14. The van der Waals surface area contributed by atoms with Gasteiger partial charge in [-0.05, 0) is 6.42 Å². The fourth-order valence-corrected chi connectivity index (χ4v) is 1.66. The van der Waals surface area contributed by atoms with Gasteiger partial charge in [0.2, 0.25) is 5.91 Å². The van der Waals surface area contributed by atoms with Gasteiger partial charge in [0.15, 0.2) is 0 Å². The number of hydrogen-bond donors (Lipinski definition) is 2. The first-order valence-corrected chi connectivity index (χ1v) is 5.29. The Balaban J connectivity index is 2.25. The molecular weight excluding hydrogens is 182 g/mol. The van der Waals surface area contributed by atoms with Crippen molar-refractivity contribution in [1.29, 1.82) is 0 Å². The monoisotopic (exact) mass is 201 g/mol. The topological polar surface area (TPSA) is 60.8 Å². The molecule has 0 aromatic carbocycles. The largest absolute Gasteiger partial charge is 0.388 e. The van der Waals surface area contributed by atoms with Gasteiger partial charge in [0.1, 0.15) is 0 Å². The van der Waals surface area contributed by atoms with Crippen LogP contribution in [-0.2, 0) is 4.79 Å². The number of hydrogen-bond acceptors (Lipinski definition) is 3. The Kier molecular flexibility index (Phi) is 4.35. The molecule has 4 nitrogen and oxygen atoms in total. The molecule has 0 unspecified atom stereocenters. The molecule has 1 saturated heterocycles. The lowest BCUT2D eigenvalue weighted by atomic mass is 10.2. The van der Waals surface area contributed by atoms with Crippen LogP contribution >= 0.6 is 0 Å². The van der Waals surface area contributed by atoms with Crippen LogP contribution in [0.5, 0.6) is 0 Å². The molecule has 1 heterocycles. The summed E-state index contributed by atoms with van der Waals surface area (Å²) in [5.41, 5.74) is 0. The van der Waals surface area contributed by atoms with Crippen LogP contribution < -0.4 is 0 Å². The maximum Gasteiger partial charge on any atom is 0.222 e. The fourth-order valence-electron chi connectivity index (χ4n) is 1.66. The van der Waals surface area contributed by atoms with Gasteiger partial charge in [-0.2, -0.15) is 0 Å². The van der Waals surface area contributed by atoms with Gasteiger partial charge in [-0.15, -0.1) is 0 Å². The Morgan fingerprint density at radius 1 is 1.29 bits per heavy atom. The summed E-state index contributed by atoms with van der Waals surface area (Å²) in [5, 5.41) is 18.5. The Hall–Kier alpha value is -0.610. The molecule has 1 fully saturated rings. The smallest absolute Gasteiger partial charge is 0.222 e. The van der Waals surface area contributed by atoms with Crippen molar-refractivity contribution >= 4 is 5.91 Å². The third kappa shape index (κ3) is 2.96. The van der Waals surface area contributed by atoms with E-state index in [1.165, 1.54) is 0 Å². The van der Waals surface area contributed by atoms with Crippen LogP contribution in [0.2, 0.25) is 0 Å². The Morgan fingerprint density at radius 2 is 1.86 bits per heavy atom. The van der Waals surface area contributed by atoms with E-state index in [4.69, 9.17) is 0 Å².